The van der Waals surface area contributed by atoms with Crippen molar-refractivity contribution in [1.82, 2.24) is 14.6 Å². The van der Waals surface area contributed by atoms with Crippen molar-refractivity contribution in [3.63, 3.8) is 0 Å². The average molecular weight is 506 g/mol. The normalized spacial score (nSPS) is 19.7. The number of ether oxygens (including phenoxy) is 1. The summed E-state index contributed by atoms with van der Waals surface area (Å²) in [6, 6.07) is 2.07. The molecule has 0 bridgehead atoms. The van der Waals surface area contributed by atoms with Gasteiger partial charge in [-0.05, 0) is 24.3 Å². The number of sulfonamides is 1. The number of hydrogen-bond acceptors (Lipinski definition) is 8. The zero-order valence-electron chi connectivity index (χ0n) is 16.7. The molecule has 1 atom stereocenters. The van der Waals surface area contributed by atoms with E-state index in [2.05, 4.69) is 15.0 Å². The van der Waals surface area contributed by atoms with Crippen molar-refractivity contribution in [3.05, 3.63) is 34.8 Å². The molecule has 1 aromatic heterocycles. The first-order valence-corrected chi connectivity index (χ1v) is 11.8. The summed E-state index contributed by atoms with van der Waals surface area (Å²) in [7, 11) is -4.33. The molecule has 10 nitrogen and oxygen atoms in total. The fraction of sp³-hybridized carbons (Fsp3) is 0.389. The van der Waals surface area contributed by atoms with E-state index >= 15 is 0 Å². The van der Waals surface area contributed by atoms with E-state index in [0.717, 1.165) is 39.9 Å². The zero-order valence-corrected chi connectivity index (χ0v) is 18.3. The summed E-state index contributed by atoms with van der Waals surface area (Å²) in [6.45, 7) is 0.159. The molecule has 0 spiro atoms. The molecule has 1 saturated heterocycles. The van der Waals surface area contributed by atoms with Crippen LogP contribution in [0.5, 0.6) is 5.75 Å². The van der Waals surface area contributed by atoms with Crippen molar-refractivity contribution in [1.29, 1.82) is 0 Å². The maximum Gasteiger partial charge on any atom is 0.573 e. The number of carboxylic acid groups (broad SMARTS) is 1. The third kappa shape index (κ3) is 4.74. The zero-order chi connectivity index (χ0) is 24.0. The molecule has 2 N–H and O–H groups in total. The van der Waals surface area contributed by atoms with E-state index in [9.17, 15) is 36.3 Å². The Morgan fingerprint density at radius 2 is 1.94 bits per heavy atom. The second-order valence-electron chi connectivity index (χ2n) is 7.21. The Hall–Kier alpha value is -2.91. The van der Waals surface area contributed by atoms with Gasteiger partial charge < -0.3 is 20.1 Å². The van der Waals surface area contributed by atoms with E-state index in [4.69, 9.17) is 0 Å². The Morgan fingerprint density at radius 3 is 2.55 bits per heavy atom. The predicted octanol–water partition coefficient (Wildman–Crippen LogP) is 1.29. The maximum atomic E-state index is 13.1. The SMILES string of the molecule is O=C1NCCc2nc(N3CCN(S(=O)(=O)c4ccc(OC(F)(F)F)cc4)[C@@H](C(=O)O)C3)sc21. The van der Waals surface area contributed by atoms with Gasteiger partial charge in [-0.1, -0.05) is 11.3 Å². The van der Waals surface area contributed by atoms with E-state index in [-0.39, 0.29) is 30.4 Å². The molecule has 3 heterocycles. The molecule has 1 amide bonds. The molecule has 0 unspecified atom stereocenters. The van der Waals surface area contributed by atoms with Crippen LogP contribution >= 0.6 is 11.3 Å². The number of alkyl halides is 3. The van der Waals surface area contributed by atoms with Gasteiger partial charge in [0.15, 0.2) is 5.13 Å². The second kappa shape index (κ2) is 8.46. The fourth-order valence-corrected chi connectivity index (χ4v) is 6.20. The molecular weight excluding hydrogens is 489 g/mol. The summed E-state index contributed by atoms with van der Waals surface area (Å²) < 4.78 is 67.7. The van der Waals surface area contributed by atoms with Crippen LogP contribution in [0.15, 0.2) is 29.2 Å². The van der Waals surface area contributed by atoms with Gasteiger partial charge in [-0.25, -0.2) is 13.4 Å². The van der Waals surface area contributed by atoms with E-state index in [1.807, 2.05) is 0 Å². The lowest BCUT2D eigenvalue weighted by Crippen LogP contribution is -2.58. The number of amides is 1. The molecule has 4 rings (SSSR count). The lowest BCUT2D eigenvalue weighted by molar-refractivity contribution is -0.274. The highest BCUT2D eigenvalue weighted by Crippen LogP contribution is 2.32. The lowest BCUT2D eigenvalue weighted by Gasteiger charge is -2.38. The minimum absolute atomic E-state index is 0.117. The summed E-state index contributed by atoms with van der Waals surface area (Å²) in [5, 5.41) is 12.8. The van der Waals surface area contributed by atoms with Gasteiger partial charge in [-0.2, -0.15) is 4.31 Å². The summed E-state index contributed by atoms with van der Waals surface area (Å²) in [6.07, 6.45) is -4.39. The fourth-order valence-electron chi connectivity index (χ4n) is 3.57. The van der Waals surface area contributed by atoms with Gasteiger partial charge in [-0.15, -0.1) is 13.2 Å². The molecule has 0 aliphatic carbocycles. The minimum atomic E-state index is -4.93. The number of fused-ring (bicyclic) bond motifs is 1. The number of hydrogen-bond donors (Lipinski definition) is 2. The first-order valence-electron chi connectivity index (χ1n) is 9.59. The van der Waals surface area contributed by atoms with Gasteiger partial charge in [0.2, 0.25) is 10.0 Å². The summed E-state index contributed by atoms with van der Waals surface area (Å²) in [5.74, 6) is -2.24. The number of rotatable bonds is 5. The van der Waals surface area contributed by atoms with Gasteiger partial charge >= 0.3 is 12.3 Å². The Labute approximate surface area is 189 Å². The molecule has 33 heavy (non-hydrogen) atoms. The maximum absolute atomic E-state index is 13.1. The minimum Gasteiger partial charge on any atom is -0.480 e. The van der Waals surface area contributed by atoms with Crippen molar-refractivity contribution in [2.24, 2.45) is 0 Å². The molecule has 0 saturated carbocycles. The smallest absolute Gasteiger partial charge is 0.480 e. The lowest BCUT2D eigenvalue weighted by atomic mass is 10.2. The molecular formula is C18H17F3N4O6S2. The highest BCUT2D eigenvalue weighted by molar-refractivity contribution is 7.89. The summed E-state index contributed by atoms with van der Waals surface area (Å²) >= 11 is 1.11. The number of benzene rings is 1. The van der Waals surface area contributed by atoms with Gasteiger partial charge in [-0.3, -0.25) is 9.59 Å². The van der Waals surface area contributed by atoms with Crippen molar-refractivity contribution in [2.45, 2.75) is 23.7 Å². The molecule has 15 heteroatoms. The van der Waals surface area contributed by atoms with E-state index in [1.165, 1.54) is 0 Å². The standard InChI is InChI=1S/C18H17F3N4O6S2/c19-18(20,21)31-10-1-3-11(4-2-10)33(29,30)25-8-7-24(9-13(25)16(27)28)17-23-12-5-6-22-15(26)14(12)32-17/h1-4,13H,5-9H2,(H,22,26)(H,27,28)/t13-/m1/s1. The van der Waals surface area contributed by atoms with Gasteiger partial charge in [0, 0.05) is 32.6 Å². The highest BCUT2D eigenvalue weighted by atomic mass is 32.2. The molecule has 1 fully saturated rings. The Bertz CT molecular complexity index is 1180. The van der Waals surface area contributed by atoms with Crippen LogP contribution in [0.25, 0.3) is 0 Å². The average Bonchev–Trinajstić information content (AvgIpc) is 3.18. The molecule has 1 aromatic carbocycles. The van der Waals surface area contributed by atoms with Gasteiger partial charge in [0.25, 0.3) is 5.91 Å². The van der Waals surface area contributed by atoms with Gasteiger partial charge in [0.05, 0.1) is 10.6 Å². The number of aliphatic carboxylic acids is 1. The van der Waals surface area contributed by atoms with Crippen LogP contribution in [0.1, 0.15) is 15.4 Å². The number of carbonyl (C=O) groups is 2. The van der Waals surface area contributed by atoms with E-state index in [1.54, 1.807) is 4.90 Å². The molecule has 2 aliphatic rings. The summed E-state index contributed by atoms with van der Waals surface area (Å²) in [5.41, 5.74) is 0.613. The van der Waals surface area contributed by atoms with E-state index in [0.29, 0.717) is 28.7 Å². The van der Waals surface area contributed by atoms with Crippen molar-refractivity contribution < 1.29 is 41.0 Å². The number of nitrogens with zero attached hydrogens (tertiary/aromatic N) is 3. The Kier molecular flexibility index (Phi) is 5.96. The molecule has 2 aromatic rings. The number of halogens is 3. The monoisotopic (exact) mass is 506 g/mol. The number of piperazine rings is 1. The number of thiazole rings is 1. The van der Waals surface area contributed by atoms with Gasteiger partial charge in [0.1, 0.15) is 16.7 Å². The number of carbonyl (C=O) groups excluding carboxylic acids is 1. The molecule has 0 radical (unpaired) electrons. The van der Waals surface area contributed by atoms with Crippen LogP contribution in [0, 0.1) is 0 Å². The Balaban J connectivity index is 1.55. The van der Waals surface area contributed by atoms with Crippen LogP contribution < -0.4 is 15.0 Å². The summed E-state index contributed by atoms with van der Waals surface area (Å²) in [4.78, 5) is 30.0. The molecule has 2 aliphatic heterocycles. The number of carboxylic acids is 1. The Morgan fingerprint density at radius 1 is 1.24 bits per heavy atom. The van der Waals surface area contributed by atoms with Crippen LogP contribution in [0.4, 0.5) is 18.3 Å². The van der Waals surface area contributed by atoms with Crippen molar-refractivity contribution in [3.8, 4) is 5.75 Å². The topological polar surface area (TPSA) is 129 Å². The predicted molar refractivity (Wildman–Crippen MR) is 109 cm³/mol. The molecule has 178 valence electrons. The van der Waals surface area contributed by atoms with E-state index < -0.39 is 34.1 Å². The van der Waals surface area contributed by atoms with Crippen LogP contribution in [0.3, 0.4) is 0 Å². The highest BCUT2D eigenvalue weighted by Gasteiger charge is 2.41. The van der Waals surface area contributed by atoms with Crippen molar-refractivity contribution >= 4 is 38.4 Å². The van der Waals surface area contributed by atoms with Crippen LogP contribution in [0.2, 0.25) is 0 Å². The second-order valence-corrected chi connectivity index (χ2v) is 10.1. The number of nitrogens with one attached hydrogen (secondary N) is 1. The third-order valence-electron chi connectivity index (χ3n) is 5.09. The number of aromatic nitrogens is 1. The van der Waals surface area contributed by atoms with Crippen LogP contribution in [-0.2, 0) is 21.2 Å². The third-order valence-corrected chi connectivity index (χ3v) is 8.17. The first kappa shape index (κ1) is 23.3. The quantitative estimate of drug-likeness (QED) is 0.621. The number of anilines is 1. The first-order chi connectivity index (χ1) is 15.5. The van der Waals surface area contributed by atoms with Crippen molar-refractivity contribution in [2.75, 3.05) is 31.1 Å². The largest absolute Gasteiger partial charge is 0.573 e. The van der Waals surface area contributed by atoms with Crippen LogP contribution in [-0.4, -0.2) is 73.3 Å².